The summed E-state index contributed by atoms with van der Waals surface area (Å²) in [5.41, 5.74) is 1.02. The van der Waals surface area contributed by atoms with Crippen molar-refractivity contribution in [1.29, 1.82) is 0 Å². The molecule has 0 aromatic carbocycles. The molecule has 2 N–H and O–H groups in total. The molecule has 1 aromatic heterocycles. The summed E-state index contributed by atoms with van der Waals surface area (Å²) in [6.45, 7) is 7.35. The van der Waals surface area contributed by atoms with Crippen LogP contribution in [0.4, 0.5) is 5.00 Å². The fourth-order valence-corrected chi connectivity index (χ4v) is 2.88. The zero-order chi connectivity index (χ0) is 13.7. The lowest BCUT2D eigenvalue weighted by Gasteiger charge is -2.15. The van der Waals surface area contributed by atoms with Gasteiger partial charge in [-0.05, 0) is 12.8 Å². The first-order valence-corrected chi connectivity index (χ1v) is 7.51. The summed E-state index contributed by atoms with van der Waals surface area (Å²) >= 11 is 1.42. The van der Waals surface area contributed by atoms with Crippen molar-refractivity contribution in [3.8, 4) is 0 Å². The van der Waals surface area contributed by atoms with E-state index in [1.54, 1.807) is 6.92 Å². The summed E-state index contributed by atoms with van der Waals surface area (Å²) in [7, 11) is 0. The molecule has 106 valence electrons. The van der Waals surface area contributed by atoms with E-state index in [4.69, 9.17) is 0 Å². The highest BCUT2D eigenvalue weighted by atomic mass is 32.1. The van der Waals surface area contributed by atoms with Gasteiger partial charge in [-0.15, -0.1) is 5.10 Å². The first-order valence-electron chi connectivity index (χ1n) is 6.73. The molecule has 2 heterocycles. The van der Waals surface area contributed by atoms with Gasteiger partial charge in [-0.25, -0.2) is 0 Å². The van der Waals surface area contributed by atoms with Gasteiger partial charge in [-0.3, -0.25) is 9.69 Å². The number of carbonyl (C=O) groups excluding carboxylic acids is 1. The summed E-state index contributed by atoms with van der Waals surface area (Å²) < 4.78 is 4.02. The molecular weight excluding hydrogens is 262 g/mol. The quantitative estimate of drug-likeness (QED) is 0.817. The van der Waals surface area contributed by atoms with Crippen molar-refractivity contribution >= 4 is 22.4 Å². The van der Waals surface area contributed by atoms with E-state index in [1.165, 1.54) is 11.5 Å². The molecule has 1 aliphatic rings. The van der Waals surface area contributed by atoms with Crippen LogP contribution in [0.15, 0.2) is 0 Å². The van der Waals surface area contributed by atoms with Crippen LogP contribution in [-0.4, -0.2) is 46.1 Å². The van der Waals surface area contributed by atoms with Gasteiger partial charge in [0.15, 0.2) is 0 Å². The minimum Gasteiger partial charge on any atom is -0.374 e. The standard InChI is InChI=1S/C12H21N5OS/c1-3-5-13-12-11(15-16-19-12)8-17-6-4-10(7-17)14-9(2)18/h10,13H,3-8H2,1-2H3,(H,14,18). The molecule has 1 aromatic rings. The molecular formula is C12H21N5OS. The van der Waals surface area contributed by atoms with E-state index in [0.29, 0.717) is 0 Å². The van der Waals surface area contributed by atoms with Gasteiger partial charge in [0.2, 0.25) is 5.91 Å². The molecule has 1 saturated heterocycles. The average molecular weight is 283 g/mol. The van der Waals surface area contributed by atoms with E-state index < -0.39 is 0 Å². The molecule has 0 saturated carbocycles. The minimum atomic E-state index is 0.0486. The lowest BCUT2D eigenvalue weighted by molar-refractivity contribution is -0.119. The van der Waals surface area contributed by atoms with Crippen LogP contribution in [0.3, 0.4) is 0 Å². The van der Waals surface area contributed by atoms with Gasteiger partial charge in [0.1, 0.15) is 10.7 Å². The third kappa shape index (κ3) is 4.14. The van der Waals surface area contributed by atoms with Crippen molar-refractivity contribution in [2.24, 2.45) is 0 Å². The number of anilines is 1. The Hall–Kier alpha value is -1.21. The van der Waals surface area contributed by atoms with Gasteiger partial charge in [-0.2, -0.15) is 0 Å². The molecule has 0 spiro atoms. The Kier molecular flexibility index (Phi) is 5.09. The highest BCUT2D eigenvalue weighted by molar-refractivity contribution is 7.10. The highest BCUT2D eigenvalue weighted by Crippen LogP contribution is 2.21. The number of aromatic nitrogens is 2. The summed E-state index contributed by atoms with van der Waals surface area (Å²) in [6, 6.07) is 0.274. The van der Waals surface area contributed by atoms with Crippen molar-refractivity contribution in [3.63, 3.8) is 0 Å². The Balaban J connectivity index is 1.85. The Bertz CT molecular complexity index is 422. The van der Waals surface area contributed by atoms with E-state index in [1.807, 2.05) is 0 Å². The van der Waals surface area contributed by atoms with E-state index in [9.17, 15) is 4.79 Å². The van der Waals surface area contributed by atoms with Crippen molar-refractivity contribution in [1.82, 2.24) is 19.8 Å². The van der Waals surface area contributed by atoms with Crippen LogP contribution in [0.2, 0.25) is 0 Å². The molecule has 1 unspecified atom stereocenters. The molecule has 0 radical (unpaired) electrons. The molecule has 6 nitrogen and oxygen atoms in total. The number of likely N-dealkylation sites (tertiary alicyclic amines) is 1. The molecule has 2 rings (SSSR count). The second kappa shape index (κ2) is 6.81. The number of amides is 1. The predicted octanol–water partition coefficient (Wildman–Crippen LogP) is 1.07. The van der Waals surface area contributed by atoms with Gasteiger partial charge in [0.25, 0.3) is 0 Å². The largest absolute Gasteiger partial charge is 0.374 e. The van der Waals surface area contributed by atoms with Gasteiger partial charge in [-0.1, -0.05) is 11.4 Å². The van der Waals surface area contributed by atoms with Crippen LogP contribution in [0.5, 0.6) is 0 Å². The van der Waals surface area contributed by atoms with Gasteiger partial charge < -0.3 is 10.6 Å². The topological polar surface area (TPSA) is 70.2 Å². The fraction of sp³-hybridized carbons (Fsp3) is 0.750. The van der Waals surface area contributed by atoms with E-state index >= 15 is 0 Å². The first kappa shape index (κ1) is 14.2. The van der Waals surface area contributed by atoms with Crippen molar-refractivity contribution in [3.05, 3.63) is 5.69 Å². The normalized spacial score (nSPS) is 19.6. The van der Waals surface area contributed by atoms with Crippen molar-refractivity contribution in [2.45, 2.75) is 39.3 Å². The van der Waals surface area contributed by atoms with E-state index in [-0.39, 0.29) is 11.9 Å². The second-order valence-corrected chi connectivity index (χ2v) is 5.65. The predicted molar refractivity (Wildman–Crippen MR) is 76.2 cm³/mol. The lowest BCUT2D eigenvalue weighted by atomic mass is 10.2. The minimum absolute atomic E-state index is 0.0486. The summed E-state index contributed by atoms with van der Waals surface area (Å²) in [4.78, 5) is 13.3. The molecule has 19 heavy (non-hydrogen) atoms. The van der Waals surface area contributed by atoms with Crippen LogP contribution in [0.1, 0.15) is 32.4 Å². The fourth-order valence-electron chi connectivity index (χ4n) is 2.28. The molecule has 7 heteroatoms. The SMILES string of the molecule is CCCNc1snnc1CN1CCC(NC(C)=O)C1. The van der Waals surface area contributed by atoms with Crippen molar-refractivity contribution in [2.75, 3.05) is 25.0 Å². The van der Waals surface area contributed by atoms with Crippen LogP contribution in [-0.2, 0) is 11.3 Å². The number of rotatable bonds is 6. The van der Waals surface area contributed by atoms with E-state index in [2.05, 4.69) is 32.0 Å². The monoisotopic (exact) mass is 283 g/mol. The van der Waals surface area contributed by atoms with Gasteiger partial charge in [0, 0.05) is 50.7 Å². The number of carbonyl (C=O) groups is 1. The third-order valence-corrected chi connectivity index (χ3v) is 3.87. The van der Waals surface area contributed by atoms with Crippen LogP contribution >= 0.6 is 11.5 Å². The van der Waals surface area contributed by atoms with Crippen LogP contribution in [0, 0.1) is 0 Å². The molecule has 1 atom stereocenters. The highest BCUT2D eigenvalue weighted by Gasteiger charge is 2.24. The maximum Gasteiger partial charge on any atom is 0.217 e. The smallest absolute Gasteiger partial charge is 0.217 e. The molecule has 1 amide bonds. The van der Waals surface area contributed by atoms with Crippen molar-refractivity contribution < 1.29 is 4.79 Å². The van der Waals surface area contributed by atoms with Crippen LogP contribution < -0.4 is 10.6 Å². The van der Waals surface area contributed by atoms with Crippen LogP contribution in [0.25, 0.3) is 0 Å². The summed E-state index contributed by atoms with van der Waals surface area (Å²) in [5.74, 6) is 0.0486. The van der Waals surface area contributed by atoms with Gasteiger partial charge in [0.05, 0.1) is 0 Å². The van der Waals surface area contributed by atoms with E-state index in [0.717, 1.165) is 49.7 Å². The number of nitrogens with zero attached hydrogens (tertiary/aromatic N) is 3. The average Bonchev–Trinajstić information content (AvgIpc) is 2.96. The van der Waals surface area contributed by atoms with Gasteiger partial charge >= 0.3 is 0 Å². The summed E-state index contributed by atoms with van der Waals surface area (Å²) in [5, 5.41) is 11.6. The zero-order valence-electron chi connectivity index (χ0n) is 11.5. The molecule has 0 bridgehead atoms. The summed E-state index contributed by atoms with van der Waals surface area (Å²) in [6.07, 6.45) is 2.10. The Labute approximate surface area is 117 Å². The zero-order valence-corrected chi connectivity index (χ0v) is 12.3. The molecule has 1 fully saturated rings. The third-order valence-electron chi connectivity index (χ3n) is 3.14. The first-order chi connectivity index (χ1) is 9.19. The Morgan fingerprint density at radius 2 is 2.42 bits per heavy atom. The molecule has 1 aliphatic heterocycles. The maximum atomic E-state index is 11.0. The Morgan fingerprint density at radius 3 is 3.16 bits per heavy atom. The second-order valence-electron chi connectivity index (χ2n) is 4.90. The maximum absolute atomic E-state index is 11.0. The molecule has 0 aliphatic carbocycles. The number of hydrogen-bond donors (Lipinski definition) is 2. The Morgan fingerprint density at radius 1 is 1.58 bits per heavy atom. The number of hydrogen-bond acceptors (Lipinski definition) is 6. The lowest BCUT2D eigenvalue weighted by Crippen LogP contribution is -2.35. The number of nitrogens with one attached hydrogen (secondary N) is 2.